The van der Waals surface area contributed by atoms with Crippen LogP contribution in [0.15, 0.2) is 18.5 Å². The van der Waals surface area contributed by atoms with E-state index in [0.29, 0.717) is 12.5 Å². The van der Waals surface area contributed by atoms with E-state index in [9.17, 15) is 4.79 Å². The molecule has 1 unspecified atom stereocenters. The first-order valence-corrected chi connectivity index (χ1v) is 8.83. The van der Waals surface area contributed by atoms with E-state index in [1.807, 2.05) is 31.9 Å². The van der Waals surface area contributed by atoms with Crippen LogP contribution in [0.5, 0.6) is 0 Å². The Hall–Kier alpha value is -2.44. The maximum Gasteiger partial charge on any atom is 0.244 e. The quantitative estimate of drug-likeness (QED) is 0.897. The lowest BCUT2D eigenvalue weighted by atomic mass is 9.93. The van der Waals surface area contributed by atoms with Gasteiger partial charge in [0.2, 0.25) is 5.91 Å². The molecule has 0 radical (unpaired) electrons. The van der Waals surface area contributed by atoms with Crippen molar-refractivity contribution in [2.24, 2.45) is 5.92 Å². The SMILES string of the molecule is CNc1nccnc1CC1CCCN(C(=O)Cn2nc(C)cc2C)C1. The van der Waals surface area contributed by atoms with Crippen molar-refractivity contribution in [3.63, 3.8) is 0 Å². The highest BCUT2D eigenvalue weighted by Gasteiger charge is 2.25. The molecule has 1 fully saturated rings. The van der Waals surface area contributed by atoms with Crippen LogP contribution >= 0.6 is 0 Å². The van der Waals surface area contributed by atoms with Crippen molar-refractivity contribution in [1.29, 1.82) is 0 Å². The van der Waals surface area contributed by atoms with Gasteiger partial charge in [0.05, 0.1) is 11.4 Å². The maximum atomic E-state index is 12.7. The molecule has 2 aromatic rings. The maximum absolute atomic E-state index is 12.7. The van der Waals surface area contributed by atoms with Crippen molar-refractivity contribution in [2.45, 2.75) is 39.7 Å². The van der Waals surface area contributed by atoms with Gasteiger partial charge in [0.1, 0.15) is 12.4 Å². The van der Waals surface area contributed by atoms with Gasteiger partial charge in [-0.05, 0) is 45.1 Å². The van der Waals surface area contributed by atoms with Crippen LogP contribution < -0.4 is 5.32 Å². The number of carbonyl (C=O) groups is 1. The van der Waals surface area contributed by atoms with Crippen molar-refractivity contribution in [3.05, 3.63) is 35.5 Å². The van der Waals surface area contributed by atoms with Crippen molar-refractivity contribution >= 4 is 11.7 Å². The van der Waals surface area contributed by atoms with E-state index in [2.05, 4.69) is 20.4 Å². The lowest BCUT2D eigenvalue weighted by Crippen LogP contribution is -2.42. The van der Waals surface area contributed by atoms with Crippen molar-refractivity contribution in [1.82, 2.24) is 24.6 Å². The minimum atomic E-state index is 0.142. The molecule has 0 aliphatic carbocycles. The van der Waals surface area contributed by atoms with Crippen LogP contribution in [0.1, 0.15) is 29.9 Å². The molecule has 3 rings (SSSR count). The highest BCUT2D eigenvalue weighted by molar-refractivity contribution is 5.76. The summed E-state index contributed by atoms with van der Waals surface area (Å²) >= 11 is 0. The van der Waals surface area contributed by atoms with E-state index in [4.69, 9.17) is 0 Å². The number of hydrogen-bond acceptors (Lipinski definition) is 5. The number of piperidine rings is 1. The monoisotopic (exact) mass is 342 g/mol. The van der Waals surface area contributed by atoms with Gasteiger partial charge in [0.15, 0.2) is 0 Å². The highest BCUT2D eigenvalue weighted by Crippen LogP contribution is 2.22. The van der Waals surface area contributed by atoms with Crippen LogP contribution in [-0.2, 0) is 17.8 Å². The Labute approximate surface area is 148 Å². The molecule has 1 atom stereocenters. The molecule has 0 spiro atoms. The molecule has 2 aromatic heterocycles. The number of carbonyl (C=O) groups excluding carboxylic acids is 1. The largest absolute Gasteiger partial charge is 0.372 e. The van der Waals surface area contributed by atoms with Gasteiger partial charge in [-0.15, -0.1) is 0 Å². The number of aromatic nitrogens is 4. The fourth-order valence-corrected chi connectivity index (χ4v) is 3.52. The molecule has 0 aromatic carbocycles. The summed E-state index contributed by atoms with van der Waals surface area (Å²) in [6.07, 6.45) is 6.41. The Kier molecular flexibility index (Phi) is 5.31. The summed E-state index contributed by atoms with van der Waals surface area (Å²) in [5, 5.41) is 7.49. The standard InChI is InChI=1S/C18H26N6O/c1-13-9-14(2)24(22-13)12-17(25)23-8-4-5-15(11-23)10-16-18(19-3)21-7-6-20-16/h6-7,9,15H,4-5,8,10-12H2,1-3H3,(H,19,21). The van der Waals surface area contributed by atoms with Crippen LogP contribution in [-0.4, -0.2) is 50.7 Å². The number of aryl methyl sites for hydroxylation is 2. The zero-order chi connectivity index (χ0) is 17.8. The average molecular weight is 342 g/mol. The van der Waals surface area contributed by atoms with Gasteiger partial charge in [0.25, 0.3) is 0 Å². The number of hydrogen-bond donors (Lipinski definition) is 1. The smallest absolute Gasteiger partial charge is 0.244 e. The zero-order valence-corrected chi connectivity index (χ0v) is 15.2. The highest BCUT2D eigenvalue weighted by atomic mass is 16.2. The third-order valence-electron chi connectivity index (χ3n) is 4.75. The molecule has 1 saturated heterocycles. The summed E-state index contributed by atoms with van der Waals surface area (Å²) in [6, 6.07) is 2.00. The number of amides is 1. The van der Waals surface area contributed by atoms with Crippen LogP contribution in [0.2, 0.25) is 0 Å². The Morgan fingerprint density at radius 1 is 1.32 bits per heavy atom. The molecule has 1 aliphatic rings. The summed E-state index contributed by atoms with van der Waals surface area (Å²) < 4.78 is 1.79. The lowest BCUT2D eigenvalue weighted by molar-refractivity contribution is -0.133. The molecular formula is C18H26N6O. The summed E-state index contributed by atoms with van der Waals surface area (Å²) in [7, 11) is 1.86. The second-order valence-corrected chi connectivity index (χ2v) is 6.74. The number of nitrogens with zero attached hydrogens (tertiary/aromatic N) is 5. The third-order valence-corrected chi connectivity index (χ3v) is 4.75. The van der Waals surface area contributed by atoms with Gasteiger partial charge in [-0.3, -0.25) is 14.5 Å². The van der Waals surface area contributed by atoms with E-state index >= 15 is 0 Å². The van der Waals surface area contributed by atoms with Gasteiger partial charge >= 0.3 is 0 Å². The van der Waals surface area contributed by atoms with E-state index < -0.39 is 0 Å². The zero-order valence-electron chi connectivity index (χ0n) is 15.2. The van der Waals surface area contributed by atoms with Crippen molar-refractivity contribution in [2.75, 3.05) is 25.5 Å². The fraction of sp³-hybridized carbons (Fsp3) is 0.556. The molecule has 1 N–H and O–H groups in total. The molecule has 0 saturated carbocycles. The Bertz CT molecular complexity index is 741. The average Bonchev–Trinajstić information content (AvgIpc) is 2.93. The van der Waals surface area contributed by atoms with Crippen LogP contribution in [0.25, 0.3) is 0 Å². The van der Waals surface area contributed by atoms with E-state index in [0.717, 1.165) is 55.3 Å². The number of anilines is 1. The van der Waals surface area contributed by atoms with E-state index in [1.165, 1.54) is 0 Å². The first kappa shape index (κ1) is 17.4. The minimum absolute atomic E-state index is 0.142. The van der Waals surface area contributed by atoms with E-state index in [1.54, 1.807) is 17.1 Å². The summed E-state index contributed by atoms with van der Waals surface area (Å²) in [5.74, 6) is 1.39. The predicted octanol–water partition coefficient (Wildman–Crippen LogP) is 1.81. The first-order chi connectivity index (χ1) is 12.1. The third kappa shape index (κ3) is 4.15. The number of rotatable bonds is 5. The van der Waals surface area contributed by atoms with Crippen molar-refractivity contribution in [3.8, 4) is 0 Å². The van der Waals surface area contributed by atoms with Crippen LogP contribution in [0.3, 0.4) is 0 Å². The summed E-state index contributed by atoms with van der Waals surface area (Å²) in [5.41, 5.74) is 2.95. The molecule has 7 heteroatoms. The summed E-state index contributed by atoms with van der Waals surface area (Å²) in [6.45, 7) is 5.86. The molecule has 0 bridgehead atoms. The first-order valence-electron chi connectivity index (χ1n) is 8.83. The minimum Gasteiger partial charge on any atom is -0.372 e. The van der Waals surface area contributed by atoms with Gasteiger partial charge in [-0.25, -0.2) is 4.98 Å². The van der Waals surface area contributed by atoms with Crippen molar-refractivity contribution < 1.29 is 4.79 Å². The normalized spacial score (nSPS) is 17.6. The fourth-order valence-electron chi connectivity index (χ4n) is 3.52. The molecular weight excluding hydrogens is 316 g/mol. The molecule has 134 valence electrons. The molecule has 1 aliphatic heterocycles. The predicted molar refractivity (Wildman–Crippen MR) is 96.3 cm³/mol. The number of likely N-dealkylation sites (tertiary alicyclic amines) is 1. The Morgan fingerprint density at radius 2 is 2.12 bits per heavy atom. The van der Waals surface area contributed by atoms with Crippen LogP contribution in [0, 0.1) is 19.8 Å². The van der Waals surface area contributed by atoms with Crippen LogP contribution in [0.4, 0.5) is 5.82 Å². The van der Waals surface area contributed by atoms with Gasteiger partial charge in [-0.1, -0.05) is 0 Å². The Morgan fingerprint density at radius 3 is 2.84 bits per heavy atom. The summed E-state index contributed by atoms with van der Waals surface area (Å²) in [4.78, 5) is 23.4. The topological polar surface area (TPSA) is 75.9 Å². The second kappa shape index (κ2) is 7.63. The van der Waals surface area contributed by atoms with E-state index in [-0.39, 0.29) is 5.91 Å². The van der Waals surface area contributed by atoms with Gasteiger partial charge in [-0.2, -0.15) is 5.10 Å². The molecule has 1 amide bonds. The second-order valence-electron chi connectivity index (χ2n) is 6.74. The molecule has 25 heavy (non-hydrogen) atoms. The van der Waals surface area contributed by atoms with Gasteiger partial charge in [0, 0.05) is 38.2 Å². The Balaban J connectivity index is 1.62. The molecule has 3 heterocycles. The lowest BCUT2D eigenvalue weighted by Gasteiger charge is -2.33. The number of nitrogens with one attached hydrogen (secondary N) is 1. The molecule has 7 nitrogen and oxygen atoms in total. The van der Waals surface area contributed by atoms with Gasteiger partial charge < -0.3 is 10.2 Å².